The van der Waals surface area contributed by atoms with E-state index in [2.05, 4.69) is 11.6 Å². The van der Waals surface area contributed by atoms with Crippen LogP contribution < -0.4 is 0 Å². The van der Waals surface area contributed by atoms with E-state index in [1.165, 1.54) is 6.92 Å². The van der Waals surface area contributed by atoms with Crippen LogP contribution in [0.5, 0.6) is 0 Å². The summed E-state index contributed by atoms with van der Waals surface area (Å²) >= 11 is 0. The van der Waals surface area contributed by atoms with Gasteiger partial charge in [-0.1, -0.05) is 6.58 Å². The first-order valence-corrected chi connectivity index (χ1v) is 2.02. The third kappa shape index (κ3) is 5.01. The van der Waals surface area contributed by atoms with Gasteiger partial charge in [-0.25, -0.2) is 9.38 Å². The fourth-order valence-electron chi connectivity index (χ4n) is 0.161. The van der Waals surface area contributed by atoms with Gasteiger partial charge < -0.3 is 0 Å². The maximum Gasteiger partial charge on any atom is 0.242 e. The van der Waals surface area contributed by atoms with Crippen molar-refractivity contribution in [2.75, 3.05) is 0 Å². The van der Waals surface area contributed by atoms with Crippen LogP contribution in [0.1, 0.15) is 6.92 Å². The van der Waals surface area contributed by atoms with E-state index in [1.807, 2.05) is 0 Å². The lowest BCUT2D eigenvalue weighted by Crippen LogP contribution is -1.82. The third-order valence-corrected chi connectivity index (χ3v) is 0.386. The molecule has 0 aromatic rings. The van der Waals surface area contributed by atoms with Crippen LogP contribution in [0, 0.1) is 0 Å². The van der Waals surface area contributed by atoms with Crippen LogP contribution in [0.25, 0.3) is 0 Å². The summed E-state index contributed by atoms with van der Waals surface area (Å²) in [5.41, 5.74) is 0. The Bertz CT molecular complexity index is 123. The van der Waals surface area contributed by atoms with Gasteiger partial charge in [0.25, 0.3) is 0 Å². The Morgan fingerprint density at radius 2 is 2.38 bits per heavy atom. The first-order chi connectivity index (χ1) is 3.63. The van der Waals surface area contributed by atoms with Gasteiger partial charge in [0.05, 0.1) is 6.21 Å². The highest BCUT2D eigenvalue weighted by molar-refractivity contribution is 5.88. The summed E-state index contributed by atoms with van der Waals surface area (Å²) in [6.07, 6.45) is 0.780. The average Bonchev–Trinajstić information content (AvgIpc) is 1.61. The van der Waals surface area contributed by atoms with Crippen molar-refractivity contribution in [2.45, 2.75) is 6.92 Å². The Hall–Kier alpha value is -0.990. The molecule has 0 aliphatic heterocycles. The molecule has 0 rings (SSSR count). The molecule has 0 radical (unpaired) electrons. The number of hydrogen-bond acceptors (Lipinski definition) is 1. The summed E-state index contributed by atoms with van der Waals surface area (Å²) in [4.78, 5) is 13.0. The molecule has 0 saturated heterocycles. The van der Waals surface area contributed by atoms with E-state index in [0.29, 0.717) is 0 Å². The van der Waals surface area contributed by atoms with Gasteiger partial charge in [-0.2, -0.15) is 0 Å². The van der Waals surface area contributed by atoms with Gasteiger partial charge >= 0.3 is 0 Å². The Labute approximate surface area is 46.7 Å². The quantitative estimate of drug-likeness (QED) is 0.470. The van der Waals surface area contributed by atoms with Crippen molar-refractivity contribution < 1.29 is 9.18 Å². The summed E-state index contributed by atoms with van der Waals surface area (Å²) in [7, 11) is 0. The molecule has 2 nitrogen and oxygen atoms in total. The average molecular weight is 115 g/mol. The monoisotopic (exact) mass is 115 g/mol. The molecule has 3 heteroatoms. The topological polar surface area (TPSA) is 29.4 Å². The maximum atomic E-state index is 11.6. The van der Waals surface area contributed by atoms with Gasteiger partial charge in [0.1, 0.15) is 5.83 Å². The van der Waals surface area contributed by atoms with Crippen LogP contribution in [0.4, 0.5) is 4.39 Å². The summed E-state index contributed by atoms with van der Waals surface area (Å²) in [5.74, 6) is -1.14. The van der Waals surface area contributed by atoms with Crippen molar-refractivity contribution >= 4 is 12.1 Å². The Morgan fingerprint density at radius 1 is 1.88 bits per heavy atom. The Morgan fingerprint density at radius 3 is 2.50 bits per heavy atom. The van der Waals surface area contributed by atoms with E-state index >= 15 is 0 Å². The van der Waals surface area contributed by atoms with Gasteiger partial charge in [0.15, 0.2) is 0 Å². The van der Waals surface area contributed by atoms with Crippen molar-refractivity contribution in [3.63, 3.8) is 0 Å². The lowest BCUT2D eigenvalue weighted by Gasteiger charge is -1.76. The third-order valence-electron chi connectivity index (χ3n) is 0.386. The molecule has 0 heterocycles. The van der Waals surface area contributed by atoms with Crippen molar-refractivity contribution in [2.24, 2.45) is 4.99 Å². The van der Waals surface area contributed by atoms with Crippen molar-refractivity contribution in [1.29, 1.82) is 0 Å². The second kappa shape index (κ2) is 3.07. The molecule has 0 aromatic carbocycles. The number of rotatable bonds is 1. The Balaban J connectivity index is 3.67. The van der Waals surface area contributed by atoms with E-state index in [1.54, 1.807) is 0 Å². The molecule has 44 valence electrons. The largest absolute Gasteiger partial charge is 0.273 e. The number of carbonyl (C=O) groups excluding carboxylic acids is 1. The number of amides is 1. The Kier molecular flexibility index (Phi) is 2.69. The molecular weight excluding hydrogens is 109 g/mol. The predicted molar refractivity (Wildman–Crippen MR) is 29.4 cm³/mol. The zero-order valence-electron chi connectivity index (χ0n) is 4.52. The smallest absolute Gasteiger partial charge is 0.242 e. The fourth-order valence-corrected chi connectivity index (χ4v) is 0.161. The highest BCUT2D eigenvalue weighted by atomic mass is 19.1. The summed E-state index contributed by atoms with van der Waals surface area (Å²) in [5, 5.41) is 0. The second-order valence-electron chi connectivity index (χ2n) is 1.22. The second-order valence-corrected chi connectivity index (χ2v) is 1.22. The van der Waals surface area contributed by atoms with Crippen LogP contribution in [0.2, 0.25) is 0 Å². The molecule has 0 spiro atoms. The van der Waals surface area contributed by atoms with E-state index in [-0.39, 0.29) is 0 Å². The SMILES string of the molecule is C=C(F)C=NC(C)=O. The molecule has 0 N–H and O–H groups in total. The maximum absolute atomic E-state index is 11.6. The molecule has 8 heavy (non-hydrogen) atoms. The standard InChI is InChI=1S/C5H6FNO/c1-4(6)3-7-5(2)8/h3H,1H2,2H3. The van der Waals surface area contributed by atoms with Crippen molar-refractivity contribution in [3.8, 4) is 0 Å². The number of hydrogen-bond donors (Lipinski definition) is 0. The van der Waals surface area contributed by atoms with Gasteiger partial charge in [-0.05, 0) is 0 Å². The fraction of sp³-hybridized carbons (Fsp3) is 0.200. The van der Waals surface area contributed by atoms with Crippen LogP contribution in [-0.4, -0.2) is 12.1 Å². The van der Waals surface area contributed by atoms with Crippen LogP contribution in [0.15, 0.2) is 17.4 Å². The minimum Gasteiger partial charge on any atom is -0.273 e. The normalized spacial score (nSPS) is 9.75. The molecule has 0 saturated carbocycles. The van der Waals surface area contributed by atoms with Gasteiger partial charge in [-0.15, -0.1) is 0 Å². The molecule has 1 amide bonds. The number of carbonyl (C=O) groups is 1. The lowest BCUT2D eigenvalue weighted by molar-refractivity contribution is -0.115. The number of allylic oxidation sites excluding steroid dienone is 1. The minimum atomic E-state index is -0.708. The summed E-state index contributed by atoms with van der Waals surface area (Å²) in [6, 6.07) is 0. The van der Waals surface area contributed by atoms with Crippen LogP contribution >= 0.6 is 0 Å². The van der Waals surface area contributed by atoms with Gasteiger partial charge in [-0.3, -0.25) is 4.79 Å². The lowest BCUT2D eigenvalue weighted by atomic mass is 10.6. The zero-order valence-corrected chi connectivity index (χ0v) is 4.52. The highest BCUT2D eigenvalue weighted by Crippen LogP contribution is 1.83. The van der Waals surface area contributed by atoms with Crippen LogP contribution in [0.3, 0.4) is 0 Å². The highest BCUT2D eigenvalue weighted by Gasteiger charge is 1.82. The molecular formula is C5H6FNO. The van der Waals surface area contributed by atoms with Crippen molar-refractivity contribution in [1.82, 2.24) is 0 Å². The number of halogens is 1. The molecule has 0 aliphatic rings. The van der Waals surface area contributed by atoms with E-state index < -0.39 is 11.7 Å². The van der Waals surface area contributed by atoms with Crippen LogP contribution in [-0.2, 0) is 4.79 Å². The van der Waals surface area contributed by atoms with E-state index in [9.17, 15) is 9.18 Å². The van der Waals surface area contributed by atoms with Gasteiger partial charge in [0, 0.05) is 6.92 Å². The molecule has 0 aromatic heterocycles. The first kappa shape index (κ1) is 7.01. The zero-order chi connectivity index (χ0) is 6.57. The predicted octanol–water partition coefficient (Wildman–Crippen LogP) is 1.09. The minimum absolute atomic E-state index is 0.427. The molecule has 0 unspecified atom stereocenters. The molecule has 0 fully saturated rings. The van der Waals surface area contributed by atoms with E-state index in [4.69, 9.17) is 0 Å². The van der Waals surface area contributed by atoms with Crippen molar-refractivity contribution in [3.05, 3.63) is 12.4 Å². The number of nitrogens with zero attached hydrogens (tertiary/aromatic N) is 1. The number of aliphatic imine (C=N–C) groups is 1. The molecule has 0 bridgehead atoms. The summed E-state index contributed by atoms with van der Waals surface area (Å²) in [6.45, 7) is 4.09. The summed E-state index contributed by atoms with van der Waals surface area (Å²) < 4.78 is 11.6. The molecule has 0 aliphatic carbocycles. The van der Waals surface area contributed by atoms with E-state index in [0.717, 1.165) is 6.21 Å². The first-order valence-electron chi connectivity index (χ1n) is 2.02. The van der Waals surface area contributed by atoms with Gasteiger partial charge in [0.2, 0.25) is 5.91 Å². The molecule has 0 atom stereocenters.